The van der Waals surface area contributed by atoms with Crippen LogP contribution in [0.25, 0.3) is 11.1 Å². The average Bonchev–Trinajstić information content (AvgIpc) is 3.10. The summed E-state index contributed by atoms with van der Waals surface area (Å²) in [7, 11) is 0. The van der Waals surface area contributed by atoms with Crippen LogP contribution in [-0.2, 0) is 4.74 Å². The summed E-state index contributed by atoms with van der Waals surface area (Å²) in [4.78, 5) is 23.4. The van der Waals surface area contributed by atoms with E-state index < -0.39 is 12.1 Å². The molecular formula is C25H22ClNO5. The number of alkyl carbamates (subject to hydrolysis) is 1. The number of fused-ring (bicyclic) bond motifs is 3. The fraction of sp³-hybridized carbons (Fsp3) is 0.200. The predicted octanol–water partition coefficient (Wildman–Crippen LogP) is 5.34. The molecule has 1 aliphatic rings. The molecule has 2 N–H and O–H groups in total. The van der Waals surface area contributed by atoms with E-state index in [0.717, 1.165) is 11.1 Å². The van der Waals surface area contributed by atoms with Gasteiger partial charge in [0, 0.05) is 5.92 Å². The number of carbonyl (C=O) groups excluding carboxylic acids is 1. The van der Waals surface area contributed by atoms with Crippen molar-refractivity contribution < 1.29 is 24.2 Å². The monoisotopic (exact) mass is 451 g/mol. The Balaban J connectivity index is 1.31. The van der Waals surface area contributed by atoms with Gasteiger partial charge >= 0.3 is 12.1 Å². The molecular weight excluding hydrogens is 430 g/mol. The maximum absolute atomic E-state index is 12.3. The highest BCUT2D eigenvalue weighted by Gasteiger charge is 2.29. The van der Waals surface area contributed by atoms with E-state index in [0.29, 0.717) is 5.75 Å². The zero-order valence-corrected chi connectivity index (χ0v) is 18.1. The minimum atomic E-state index is -1.10. The third-order valence-electron chi connectivity index (χ3n) is 5.38. The van der Waals surface area contributed by atoms with Gasteiger partial charge in [-0.15, -0.1) is 0 Å². The summed E-state index contributed by atoms with van der Waals surface area (Å²) in [5, 5.41) is 11.9. The first kappa shape index (κ1) is 21.7. The lowest BCUT2D eigenvalue weighted by Crippen LogP contribution is -2.37. The highest BCUT2D eigenvalue weighted by molar-refractivity contribution is 6.33. The number of halogens is 1. The van der Waals surface area contributed by atoms with Crippen LogP contribution in [0, 0.1) is 0 Å². The highest BCUT2D eigenvalue weighted by atomic mass is 35.5. The highest BCUT2D eigenvalue weighted by Crippen LogP contribution is 2.44. The van der Waals surface area contributed by atoms with Crippen LogP contribution < -0.4 is 10.1 Å². The number of nitrogens with one attached hydrogen (secondary N) is 1. The van der Waals surface area contributed by atoms with Crippen molar-refractivity contribution in [3.8, 4) is 16.9 Å². The van der Waals surface area contributed by atoms with Gasteiger partial charge in [0.2, 0.25) is 0 Å². The normalized spacial score (nSPS) is 13.1. The first-order valence-electron chi connectivity index (χ1n) is 10.2. The molecule has 4 rings (SSSR count). The lowest BCUT2D eigenvalue weighted by atomic mass is 9.98. The molecule has 0 saturated heterocycles. The molecule has 0 heterocycles. The van der Waals surface area contributed by atoms with Crippen LogP contribution in [-0.4, -0.2) is 36.4 Å². The second-order valence-corrected chi connectivity index (χ2v) is 8.04. The Morgan fingerprint density at radius 1 is 1.03 bits per heavy atom. The number of hydrogen-bond acceptors (Lipinski definition) is 4. The molecule has 164 valence electrons. The fourth-order valence-corrected chi connectivity index (χ4v) is 4.11. The van der Waals surface area contributed by atoms with Gasteiger partial charge < -0.3 is 19.9 Å². The van der Waals surface area contributed by atoms with Crippen molar-refractivity contribution in [1.29, 1.82) is 0 Å². The lowest BCUT2D eigenvalue weighted by Gasteiger charge is -2.18. The molecule has 0 aromatic heterocycles. The number of rotatable bonds is 7. The van der Waals surface area contributed by atoms with E-state index in [4.69, 9.17) is 26.2 Å². The molecule has 1 unspecified atom stereocenters. The van der Waals surface area contributed by atoms with Crippen molar-refractivity contribution in [3.63, 3.8) is 0 Å². The number of aromatic carboxylic acids is 1. The van der Waals surface area contributed by atoms with Crippen LogP contribution in [0.3, 0.4) is 0 Å². The van der Waals surface area contributed by atoms with E-state index in [-0.39, 0.29) is 35.8 Å². The van der Waals surface area contributed by atoms with Gasteiger partial charge in [0.1, 0.15) is 19.0 Å². The Kier molecular flexibility index (Phi) is 6.32. The van der Waals surface area contributed by atoms with Gasteiger partial charge in [-0.2, -0.15) is 0 Å². The number of amides is 1. The van der Waals surface area contributed by atoms with Gasteiger partial charge in [0.15, 0.2) is 0 Å². The minimum Gasteiger partial charge on any atom is -0.491 e. The summed E-state index contributed by atoms with van der Waals surface area (Å²) in [6.07, 6.45) is -0.526. The summed E-state index contributed by atoms with van der Waals surface area (Å²) in [6.45, 7) is 2.20. The number of ether oxygens (including phenoxy) is 2. The molecule has 7 heteroatoms. The zero-order chi connectivity index (χ0) is 22.7. The molecule has 1 aliphatic carbocycles. The predicted molar refractivity (Wildman–Crippen MR) is 122 cm³/mol. The molecule has 0 fully saturated rings. The lowest BCUT2D eigenvalue weighted by molar-refractivity contribution is 0.0697. The molecule has 1 atom stereocenters. The van der Waals surface area contributed by atoms with Crippen molar-refractivity contribution >= 4 is 23.7 Å². The Morgan fingerprint density at radius 3 is 2.25 bits per heavy atom. The van der Waals surface area contributed by atoms with E-state index >= 15 is 0 Å². The number of carboxylic acids is 1. The van der Waals surface area contributed by atoms with E-state index in [2.05, 4.69) is 29.6 Å². The van der Waals surface area contributed by atoms with Gasteiger partial charge in [0.25, 0.3) is 0 Å². The number of carboxylic acid groups (broad SMARTS) is 1. The molecule has 3 aromatic carbocycles. The molecule has 3 aromatic rings. The second-order valence-electron chi connectivity index (χ2n) is 7.63. The Hall–Kier alpha value is -3.51. The Bertz CT molecular complexity index is 1120. The van der Waals surface area contributed by atoms with E-state index in [9.17, 15) is 9.59 Å². The minimum absolute atomic E-state index is 0.00354. The number of carbonyl (C=O) groups is 2. The molecule has 0 aliphatic heterocycles. The third-order valence-corrected chi connectivity index (χ3v) is 5.69. The Labute approximate surface area is 190 Å². The van der Waals surface area contributed by atoms with Crippen molar-refractivity contribution in [2.45, 2.75) is 18.9 Å². The van der Waals surface area contributed by atoms with Crippen molar-refractivity contribution in [2.24, 2.45) is 0 Å². The van der Waals surface area contributed by atoms with Gasteiger partial charge in [0.05, 0.1) is 16.6 Å². The molecule has 0 bridgehead atoms. The third kappa shape index (κ3) is 4.55. The standard InChI is InChI=1S/C25H22ClNO5/c1-15(13-31-16-10-11-21(24(28)29)23(26)12-16)27-25(30)32-14-22-19-8-4-2-6-17(19)18-7-3-5-9-20(18)22/h2-12,15,22H,13-14H2,1H3,(H,27,30)(H,28,29). The zero-order valence-electron chi connectivity index (χ0n) is 17.4. The Morgan fingerprint density at radius 2 is 1.66 bits per heavy atom. The molecule has 0 spiro atoms. The van der Waals surface area contributed by atoms with E-state index in [1.165, 1.54) is 29.3 Å². The first-order valence-corrected chi connectivity index (χ1v) is 10.6. The number of benzene rings is 3. The number of hydrogen-bond donors (Lipinski definition) is 2. The van der Waals surface area contributed by atoms with Gasteiger partial charge in [-0.25, -0.2) is 9.59 Å². The topological polar surface area (TPSA) is 84.9 Å². The molecule has 32 heavy (non-hydrogen) atoms. The molecule has 1 amide bonds. The molecule has 6 nitrogen and oxygen atoms in total. The molecule has 0 saturated carbocycles. The largest absolute Gasteiger partial charge is 0.491 e. The van der Waals surface area contributed by atoms with Crippen LogP contribution >= 0.6 is 11.6 Å². The van der Waals surface area contributed by atoms with Crippen LogP contribution in [0.4, 0.5) is 4.79 Å². The van der Waals surface area contributed by atoms with E-state index in [1.807, 2.05) is 24.3 Å². The van der Waals surface area contributed by atoms with Crippen molar-refractivity contribution in [2.75, 3.05) is 13.2 Å². The quantitative estimate of drug-likeness (QED) is 0.506. The molecule has 0 radical (unpaired) electrons. The summed E-state index contributed by atoms with van der Waals surface area (Å²) in [6, 6.07) is 20.3. The smallest absolute Gasteiger partial charge is 0.407 e. The summed E-state index contributed by atoms with van der Waals surface area (Å²) < 4.78 is 11.1. The van der Waals surface area contributed by atoms with Crippen LogP contribution in [0.15, 0.2) is 66.7 Å². The SMILES string of the molecule is CC(COc1ccc(C(=O)O)c(Cl)c1)NC(=O)OCC1c2ccccc2-c2ccccc21. The van der Waals surface area contributed by atoms with Gasteiger partial charge in [-0.3, -0.25) is 0 Å². The van der Waals surface area contributed by atoms with Gasteiger partial charge in [-0.05, 0) is 47.4 Å². The maximum Gasteiger partial charge on any atom is 0.407 e. The average molecular weight is 452 g/mol. The van der Waals surface area contributed by atoms with Crippen LogP contribution in [0.5, 0.6) is 5.75 Å². The second kappa shape index (κ2) is 9.32. The first-order chi connectivity index (χ1) is 15.4. The summed E-state index contributed by atoms with van der Waals surface area (Å²) >= 11 is 5.95. The van der Waals surface area contributed by atoms with Crippen LogP contribution in [0.2, 0.25) is 5.02 Å². The summed E-state index contributed by atoms with van der Waals surface area (Å²) in [5.41, 5.74) is 4.65. The van der Waals surface area contributed by atoms with E-state index in [1.54, 1.807) is 6.92 Å². The van der Waals surface area contributed by atoms with Crippen molar-refractivity contribution in [1.82, 2.24) is 5.32 Å². The fourth-order valence-electron chi connectivity index (χ4n) is 3.86. The van der Waals surface area contributed by atoms with Gasteiger partial charge in [-0.1, -0.05) is 60.1 Å². The van der Waals surface area contributed by atoms with Crippen molar-refractivity contribution in [3.05, 3.63) is 88.4 Å². The van der Waals surface area contributed by atoms with Crippen LogP contribution in [0.1, 0.15) is 34.3 Å². The maximum atomic E-state index is 12.3. The summed E-state index contributed by atoms with van der Waals surface area (Å²) in [5.74, 6) is -0.692.